The van der Waals surface area contributed by atoms with Gasteiger partial charge in [0.1, 0.15) is 0 Å². The third kappa shape index (κ3) is 5.64. The quantitative estimate of drug-likeness (QED) is 0.686. The Labute approximate surface area is 103 Å². The monoisotopic (exact) mass is 240 g/mol. The summed E-state index contributed by atoms with van der Waals surface area (Å²) in [7, 11) is 0. The van der Waals surface area contributed by atoms with E-state index in [9.17, 15) is 0 Å². The molecule has 0 bridgehead atoms. The van der Waals surface area contributed by atoms with E-state index in [4.69, 9.17) is 5.73 Å². The van der Waals surface area contributed by atoms with E-state index < -0.39 is 0 Å². The van der Waals surface area contributed by atoms with Gasteiger partial charge in [0, 0.05) is 11.4 Å². The Kier molecular flexibility index (Phi) is 6.69. The molecule has 0 spiro atoms. The van der Waals surface area contributed by atoms with Gasteiger partial charge in [0.25, 0.3) is 0 Å². The van der Waals surface area contributed by atoms with Crippen LogP contribution in [0.25, 0.3) is 0 Å². The van der Waals surface area contributed by atoms with Gasteiger partial charge in [-0.3, -0.25) is 0 Å². The molecule has 3 N–H and O–H groups in total. The normalized spacial score (nSPS) is 13.2. The molecule has 0 amide bonds. The Morgan fingerprint density at radius 2 is 2.25 bits per heavy atom. The molecule has 1 atom stereocenters. The van der Waals surface area contributed by atoms with E-state index in [1.807, 2.05) is 11.3 Å². The first kappa shape index (κ1) is 13.7. The van der Waals surface area contributed by atoms with Gasteiger partial charge in [0.15, 0.2) is 0 Å². The van der Waals surface area contributed by atoms with Gasteiger partial charge in [-0.25, -0.2) is 0 Å². The van der Waals surface area contributed by atoms with E-state index in [1.165, 1.54) is 17.7 Å². The maximum atomic E-state index is 5.77. The van der Waals surface area contributed by atoms with Gasteiger partial charge in [-0.2, -0.15) is 0 Å². The maximum absolute atomic E-state index is 5.77. The van der Waals surface area contributed by atoms with Crippen LogP contribution in [0.3, 0.4) is 0 Å². The Morgan fingerprint density at radius 3 is 2.81 bits per heavy atom. The Balaban J connectivity index is 2.09. The van der Waals surface area contributed by atoms with Crippen LogP contribution in [0.2, 0.25) is 0 Å². The van der Waals surface area contributed by atoms with E-state index in [0.29, 0.717) is 5.92 Å². The fraction of sp³-hybridized carbons (Fsp3) is 0.692. The second-order valence-corrected chi connectivity index (χ2v) is 5.81. The molecule has 0 aliphatic carbocycles. The van der Waals surface area contributed by atoms with Gasteiger partial charge in [0.05, 0.1) is 0 Å². The van der Waals surface area contributed by atoms with Gasteiger partial charge in [-0.05, 0) is 49.2 Å². The number of rotatable bonds is 8. The van der Waals surface area contributed by atoms with Crippen molar-refractivity contribution >= 4 is 11.3 Å². The first-order chi connectivity index (χ1) is 7.72. The second-order valence-electron chi connectivity index (χ2n) is 4.78. The minimum absolute atomic E-state index is 0.677. The average molecular weight is 240 g/mol. The van der Waals surface area contributed by atoms with Crippen molar-refractivity contribution in [2.75, 3.05) is 13.1 Å². The largest absolute Gasteiger partial charge is 0.330 e. The lowest BCUT2D eigenvalue weighted by Gasteiger charge is -2.16. The van der Waals surface area contributed by atoms with Crippen molar-refractivity contribution in [3.8, 4) is 0 Å². The molecule has 16 heavy (non-hydrogen) atoms. The molecule has 2 nitrogen and oxygen atoms in total. The number of hydrogen-bond acceptors (Lipinski definition) is 3. The molecule has 0 fully saturated rings. The maximum Gasteiger partial charge on any atom is 0.0299 e. The lowest BCUT2D eigenvalue weighted by Crippen LogP contribution is -2.23. The summed E-state index contributed by atoms with van der Waals surface area (Å²) in [5, 5.41) is 5.60. The molecule has 1 aromatic heterocycles. The fourth-order valence-corrected chi connectivity index (χ4v) is 2.60. The van der Waals surface area contributed by atoms with Crippen LogP contribution in [0, 0.1) is 11.8 Å². The predicted octanol–water partition coefficient (Wildman–Crippen LogP) is 2.85. The minimum Gasteiger partial charge on any atom is -0.330 e. The highest BCUT2D eigenvalue weighted by Gasteiger charge is 2.08. The highest BCUT2D eigenvalue weighted by Crippen LogP contribution is 2.13. The van der Waals surface area contributed by atoms with Crippen molar-refractivity contribution < 1.29 is 0 Å². The van der Waals surface area contributed by atoms with Crippen molar-refractivity contribution in [1.29, 1.82) is 0 Å². The van der Waals surface area contributed by atoms with Gasteiger partial charge in [0.2, 0.25) is 0 Å². The van der Waals surface area contributed by atoms with Crippen molar-refractivity contribution in [1.82, 2.24) is 5.32 Å². The van der Waals surface area contributed by atoms with Crippen molar-refractivity contribution in [2.45, 2.75) is 33.2 Å². The zero-order chi connectivity index (χ0) is 11.8. The predicted molar refractivity (Wildman–Crippen MR) is 72.6 cm³/mol. The van der Waals surface area contributed by atoms with E-state index in [2.05, 4.69) is 36.7 Å². The molecule has 0 radical (unpaired) electrons. The topological polar surface area (TPSA) is 38.0 Å². The molecular formula is C13H24N2S. The highest BCUT2D eigenvalue weighted by molar-refractivity contribution is 7.09. The fourth-order valence-electron chi connectivity index (χ4n) is 1.93. The van der Waals surface area contributed by atoms with Gasteiger partial charge < -0.3 is 11.1 Å². The van der Waals surface area contributed by atoms with E-state index in [1.54, 1.807) is 0 Å². The molecule has 0 aliphatic heterocycles. The average Bonchev–Trinajstić information content (AvgIpc) is 2.74. The molecular weight excluding hydrogens is 216 g/mol. The molecule has 0 saturated heterocycles. The second kappa shape index (κ2) is 7.82. The molecule has 92 valence electrons. The molecule has 1 unspecified atom stereocenters. The summed E-state index contributed by atoms with van der Waals surface area (Å²) < 4.78 is 0. The number of hydrogen-bond donors (Lipinski definition) is 2. The summed E-state index contributed by atoms with van der Waals surface area (Å²) in [6, 6.07) is 4.27. The first-order valence-corrected chi connectivity index (χ1v) is 7.03. The van der Waals surface area contributed by atoms with Crippen LogP contribution >= 0.6 is 11.3 Å². The van der Waals surface area contributed by atoms with Crippen LogP contribution in [0.5, 0.6) is 0 Å². The lowest BCUT2D eigenvalue weighted by atomic mass is 9.94. The van der Waals surface area contributed by atoms with Crippen molar-refractivity contribution in [3.63, 3.8) is 0 Å². The van der Waals surface area contributed by atoms with Crippen LogP contribution in [-0.2, 0) is 6.54 Å². The summed E-state index contributed by atoms with van der Waals surface area (Å²) >= 11 is 1.81. The molecule has 0 aliphatic rings. The van der Waals surface area contributed by atoms with Crippen LogP contribution in [0.1, 0.15) is 31.6 Å². The molecule has 0 aromatic carbocycles. The molecule has 1 rings (SSSR count). The van der Waals surface area contributed by atoms with Crippen LogP contribution in [0.15, 0.2) is 17.5 Å². The lowest BCUT2D eigenvalue weighted by molar-refractivity contribution is 0.386. The van der Waals surface area contributed by atoms with Crippen molar-refractivity contribution in [2.24, 2.45) is 17.6 Å². The third-order valence-corrected chi connectivity index (χ3v) is 3.62. The molecule has 1 heterocycles. The number of nitrogens with one attached hydrogen (secondary N) is 1. The third-order valence-electron chi connectivity index (χ3n) is 2.75. The Morgan fingerprint density at radius 1 is 1.44 bits per heavy atom. The van der Waals surface area contributed by atoms with E-state index >= 15 is 0 Å². The SMILES string of the molecule is CC(C)CC(CN)CCNCc1cccs1. The smallest absolute Gasteiger partial charge is 0.0299 e. The highest BCUT2D eigenvalue weighted by atomic mass is 32.1. The van der Waals surface area contributed by atoms with Crippen LogP contribution in [0.4, 0.5) is 0 Å². The summed E-state index contributed by atoms with van der Waals surface area (Å²) in [5.41, 5.74) is 5.77. The summed E-state index contributed by atoms with van der Waals surface area (Å²) in [5.74, 6) is 1.43. The minimum atomic E-state index is 0.677. The summed E-state index contributed by atoms with van der Waals surface area (Å²) in [4.78, 5) is 1.41. The Hall–Kier alpha value is -0.380. The summed E-state index contributed by atoms with van der Waals surface area (Å²) in [6.45, 7) is 7.42. The zero-order valence-electron chi connectivity index (χ0n) is 10.4. The zero-order valence-corrected chi connectivity index (χ0v) is 11.2. The van der Waals surface area contributed by atoms with Gasteiger partial charge in [-0.1, -0.05) is 19.9 Å². The summed E-state index contributed by atoms with van der Waals surface area (Å²) in [6.07, 6.45) is 2.44. The first-order valence-electron chi connectivity index (χ1n) is 6.15. The van der Waals surface area contributed by atoms with Crippen LogP contribution in [-0.4, -0.2) is 13.1 Å². The Bertz CT molecular complexity index is 257. The molecule has 3 heteroatoms. The van der Waals surface area contributed by atoms with E-state index in [0.717, 1.165) is 25.6 Å². The van der Waals surface area contributed by atoms with Crippen LogP contribution < -0.4 is 11.1 Å². The standard InChI is InChI=1S/C13H24N2S/c1-11(2)8-12(9-14)5-6-15-10-13-4-3-7-16-13/h3-4,7,11-12,15H,5-6,8-10,14H2,1-2H3. The van der Waals surface area contributed by atoms with Gasteiger partial charge in [-0.15, -0.1) is 11.3 Å². The molecule has 0 saturated carbocycles. The van der Waals surface area contributed by atoms with Crippen molar-refractivity contribution in [3.05, 3.63) is 22.4 Å². The van der Waals surface area contributed by atoms with E-state index in [-0.39, 0.29) is 0 Å². The number of nitrogens with two attached hydrogens (primary N) is 1. The molecule has 1 aromatic rings. The number of thiophene rings is 1. The van der Waals surface area contributed by atoms with Gasteiger partial charge >= 0.3 is 0 Å².